The van der Waals surface area contributed by atoms with Crippen molar-refractivity contribution in [1.82, 2.24) is 15.1 Å². The molecule has 3 rings (SSSR count). The Balaban J connectivity index is 0.00000225. The highest BCUT2D eigenvalue weighted by molar-refractivity contribution is 14.0. The van der Waals surface area contributed by atoms with Crippen LogP contribution < -0.4 is 5.32 Å². The molecule has 0 saturated carbocycles. The number of phenolic OH excluding ortho intramolecular Hbond substituents is 1. The van der Waals surface area contributed by atoms with Crippen LogP contribution >= 0.6 is 24.0 Å². The molecule has 7 heteroatoms. The highest BCUT2D eigenvalue weighted by atomic mass is 127. The predicted octanol–water partition coefficient (Wildman–Crippen LogP) is 2.64. The summed E-state index contributed by atoms with van der Waals surface area (Å²) in [5.74, 6) is 0.670. The Kier molecular flexibility index (Phi) is 7.74. The quantitative estimate of drug-likeness (QED) is 0.411. The van der Waals surface area contributed by atoms with Crippen molar-refractivity contribution in [2.45, 2.75) is 25.8 Å². The van der Waals surface area contributed by atoms with E-state index in [9.17, 15) is 9.50 Å². The van der Waals surface area contributed by atoms with Crippen molar-refractivity contribution in [1.29, 1.82) is 0 Å². The van der Waals surface area contributed by atoms with E-state index in [-0.39, 0.29) is 29.7 Å². The maximum Gasteiger partial charge on any atom is 0.193 e. The summed E-state index contributed by atoms with van der Waals surface area (Å²) in [6, 6.07) is 4.46. The Hall–Kier alpha value is -1.09. The normalized spacial score (nSPS) is 21.4. The second kappa shape index (κ2) is 9.56. The Morgan fingerprint density at radius 1 is 1.32 bits per heavy atom. The van der Waals surface area contributed by atoms with Gasteiger partial charge in [0.1, 0.15) is 0 Å². The second-order valence-electron chi connectivity index (χ2n) is 6.79. The number of phenols is 1. The Morgan fingerprint density at radius 3 is 2.76 bits per heavy atom. The van der Waals surface area contributed by atoms with Crippen molar-refractivity contribution in [3.8, 4) is 5.75 Å². The van der Waals surface area contributed by atoms with Gasteiger partial charge in [-0.15, -0.1) is 24.0 Å². The molecule has 1 aromatic rings. The van der Waals surface area contributed by atoms with Crippen LogP contribution in [0.1, 0.15) is 24.8 Å². The molecule has 25 heavy (non-hydrogen) atoms. The number of guanidine groups is 1. The third kappa shape index (κ3) is 5.44. The minimum atomic E-state index is -0.587. The minimum absolute atomic E-state index is 0. The molecule has 2 aliphatic rings. The third-order valence-corrected chi connectivity index (χ3v) is 4.97. The molecule has 2 N–H and O–H groups in total. The zero-order valence-electron chi connectivity index (χ0n) is 14.7. The summed E-state index contributed by atoms with van der Waals surface area (Å²) in [7, 11) is 1.79. The highest BCUT2D eigenvalue weighted by Gasteiger charge is 2.27. The van der Waals surface area contributed by atoms with E-state index in [0.717, 1.165) is 24.6 Å². The summed E-state index contributed by atoms with van der Waals surface area (Å²) in [4.78, 5) is 9.23. The Bertz CT molecular complexity index is 592. The average Bonchev–Trinajstić information content (AvgIpc) is 3.24. The van der Waals surface area contributed by atoms with Crippen LogP contribution in [0.3, 0.4) is 0 Å². The van der Waals surface area contributed by atoms with Crippen molar-refractivity contribution >= 4 is 29.9 Å². The standard InChI is InChI=1S/C18H27FN4O.HI/c1-20-18(21-11-14-4-5-17(24)16(19)10-14)23-9-6-15(13-23)12-22-7-2-3-8-22;/h4-5,10,15,24H,2-3,6-9,11-13H2,1H3,(H,20,21);1H. The molecule has 140 valence electrons. The topological polar surface area (TPSA) is 51.1 Å². The van der Waals surface area contributed by atoms with Gasteiger partial charge in [-0.3, -0.25) is 4.99 Å². The van der Waals surface area contributed by atoms with E-state index in [2.05, 4.69) is 20.1 Å². The lowest BCUT2D eigenvalue weighted by Gasteiger charge is -2.23. The summed E-state index contributed by atoms with van der Waals surface area (Å²) >= 11 is 0. The molecule has 0 aromatic heterocycles. The van der Waals surface area contributed by atoms with Crippen molar-refractivity contribution in [2.75, 3.05) is 39.8 Å². The van der Waals surface area contributed by atoms with Gasteiger partial charge in [0, 0.05) is 33.2 Å². The molecule has 2 heterocycles. The van der Waals surface area contributed by atoms with Crippen LogP contribution in [-0.2, 0) is 6.54 Å². The van der Waals surface area contributed by atoms with E-state index >= 15 is 0 Å². The average molecular weight is 462 g/mol. The summed E-state index contributed by atoms with van der Waals surface area (Å²) in [6.07, 6.45) is 3.87. The zero-order valence-corrected chi connectivity index (χ0v) is 17.1. The maximum atomic E-state index is 13.4. The maximum absolute atomic E-state index is 13.4. The van der Waals surface area contributed by atoms with Crippen molar-refractivity contribution in [3.63, 3.8) is 0 Å². The van der Waals surface area contributed by atoms with Crippen LogP contribution in [0, 0.1) is 11.7 Å². The number of hydrogen-bond acceptors (Lipinski definition) is 3. The number of hydrogen-bond donors (Lipinski definition) is 2. The number of halogens is 2. The van der Waals surface area contributed by atoms with Gasteiger partial charge in [0.2, 0.25) is 0 Å². The molecule has 1 aromatic carbocycles. The number of nitrogens with zero attached hydrogens (tertiary/aromatic N) is 3. The van der Waals surface area contributed by atoms with Gasteiger partial charge in [-0.05, 0) is 56.0 Å². The molecule has 0 spiro atoms. The van der Waals surface area contributed by atoms with Crippen LogP contribution in [0.15, 0.2) is 23.2 Å². The molecular weight excluding hydrogens is 434 g/mol. The van der Waals surface area contributed by atoms with E-state index in [0.29, 0.717) is 12.5 Å². The lowest BCUT2D eigenvalue weighted by molar-refractivity contribution is 0.281. The van der Waals surface area contributed by atoms with Gasteiger partial charge in [-0.25, -0.2) is 4.39 Å². The van der Waals surface area contributed by atoms with Gasteiger partial charge in [-0.1, -0.05) is 6.07 Å². The highest BCUT2D eigenvalue weighted by Crippen LogP contribution is 2.20. The lowest BCUT2D eigenvalue weighted by Crippen LogP contribution is -2.40. The second-order valence-corrected chi connectivity index (χ2v) is 6.79. The van der Waals surface area contributed by atoms with E-state index < -0.39 is 5.82 Å². The Labute approximate surface area is 166 Å². The van der Waals surface area contributed by atoms with Gasteiger partial charge in [-0.2, -0.15) is 0 Å². The molecule has 0 radical (unpaired) electrons. The first kappa shape index (κ1) is 20.2. The fourth-order valence-electron chi connectivity index (χ4n) is 3.68. The van der Waals surface area contributed by atoms with Gasteiger partial charge in [0.05, 0.1) is 0 Å². The molecule has 1 atom stereocenters. The fourth-order valence-corrected chi connectivity index (χ4v) is 3.68. The summed E-state index contributed by atoms with van der Waals surface area (Å²) in [5.41, 5.74) is 0.791. The van der Waals surface area contributed by atoms with Crippen LogP contribution in [0.25, 0.3) is 0 Å². The molecule has 2 saturated heterocycles. The summed E-state index contributed by atoms with van der Waals surface area (Å²) in [6.45, 7) is 6.22. The number of nitrogens with one attached hydrogen (secondary N) is 1. The molecule has 0 aliphatic carbocycles. The van der Waals surface area contributed by atoms with E-state index in [4.69, 9.17) is 0 Å². The Morgan fingerprint density at radius 2 is 2.08 bits per heavy atom. The number of aromatic hydroxyl groups is 1. The first-order chi connectivity index (χ1) is 11.7. The summed E-state index contributed by atoms with van der Waals surface area (Å²) in [5, 5.41) is 12.6. The molecule has 1 unspecified atom stereocenters. The van der Waals surface area contributed by atoms with Gasteiger partial charge in [0.25, 0.3) is 0 Å². The molecule has 5 nitrogen and oxygen atoms in total. The van der Waals surface area contributed by atoms with Crippen LogP contribution in [0.2, 0.25) is 0 Å². The number of rotatable bonds is 4. The number of likely N-dealkylation sites (tertiary alicyclic amines) is 2. The van der Waals surface area contributed by atoms with Gasteiger partial charge < -0.3 is 20.2 Å². The first-order valence-electron chi connectivity index (χ1n) is 8.81. The zero-order chi connectivity index (χ0) is 16.9. The van der Waals surface area contributed by atoms with Crippen molar-refractivity contribution in [3.05, 3.63) is 29.6 Å². The van der Waals surface area contributed by atoms with Crippen LogP contribution in [0.4, 0.5) is 4.39 Å². The van der Waals surface area contributed by atoms with E-state index in [1.54, 1.807) is 13.1 Å². The van der Waals surface area contributed by atoms with Crippen LogP contribution in [-0.4, -0.2) is 60.6 Å². The minimum Gasteiger partial charge on any atom is -0.505 e. The largest absolute Gasteiger partial charge is 0.505 e. The molecule has 2 aliphatic heterocycles. The van der Waals surface area contributed by atoms with Crippen molar-refractivity contribution < 1.29 is 9.50 Å². The van der Waals surface area contributed by atoms with E-state index in [1.165, 1.54) is 51.0 Å². The number of aliphatic imine (C=N–C) groups is 1. The lowest BCUT2D eigenvalue weighted by atomic mass is 10.1. The molecule has 0 bridgehead atoms. The monoisotopic (exact) mass is 462 g/mol. The SMILES string of the molecule is CN=C(NCc1ccc(O)c(F)c1)N1CCC(CN2CCCC2)C1.I. The fraction of sp³-hybridized carbons (Fsp3) is 0.611. The predicted molar refractivity (Wildman–Crippen MR) is 109 cm³/mol. The van der Waals surface area contributed by atoms with E-state index in [1.807, 2.05) is 0 Å². The van der Waals surface area contributed by atoms with Gasteiger partial charge in [0.15, 0.2) is 17.5 Å². The molecule has 2 fully saturated rings. The van der Waals surface area contributed by atoms with Crippen LogP contribution in [0.5, 0.6) is 5.75 Å². The third-order valence-electron chi connectivity index (χ3n) is 4.97. The number of benzene rings is 1. The first-order valence-corrected chi connectivity index (χ1v) is 8.81. The molecule has 0 amide bonds. The summed E-state index contributed by atoms with van der Waals surface area (Å²) < 4.78 is 13.4. The smallest absolute Gasteiger partial charge is 0.193 e. The molecular formula is C18H28FIN4O. The van der Waals surface area contributed by atoms with Gasteiger partial charge >= 0.3 is 0 Å². The van der Waals surface area contributed by atoms with Crippen molar-refractivity contribution in [2.24, 2.45) is 10.9 Å².